The lowest BCUT2D eigenvalue weighted by molar-refractivity contribution is -0.254. The Hall–Kier alpha value is -2.63. The van der Waals surface area contributed by atoms with Gasteiger partial charge in [0.05, 0.1) is 30.1 Å². The summed E-state index contributed by atoms with van der Waals surface area (Å²) in [6.45, 7) is 6.76. The lowest BCUT2D eigenvalue weighted by Gasteiger charge is -2.69. The van der Waals surface area contributed by atoms with Crippen LogP contribution in [0.2, 0.25) is 0 Å². The van der Waals surface area contributed by atoms with Crippen LogP contribution in [0, 0.1) is 34.0 Å². The maximum absolute atomic E-state index is 13.9. The largest absolute Gasteiger partial charge is 0.497 e. The summed E-state index contributed by atoms with van der Waals surface area (Å²) in [5.74, 6) is 0.0745. The lowest BCUT2D eigenvalue weighted by atomic mass is 9.35. The molecular formula is C28H32O6. The van der Waals surface area contributed by atoms with Gasteiger partial charge in [-0.1, -0.05) is 19.9 Å². The number of carbonyl (C=O) groups is 3. The van der Waals surface area contributed by atoms with E-state index in [1.54, 1.807) is 31.4 Å². The van der Waals surface area contributed by atoms with Crippen LogP contribution < -0.4 is 4.74 Å². The maximum atomic E-state index is 13.9. The number of Topliss-reactive ketones (excluding diaryl/α,β-unsaturated/α-hetero) is 1. The van der Waals surface area contributed by atoms with Gasteiger partial charge in [0.2, 0.25) is 0 Å². The number of ketones is 1. The molecule has 1 aromatic carbocycles. The van der Waals surface area contributed by atoms with Crippen molar-refractivity contribution >= 4 is 17.7 Å². The van der Waals surface area contributed by atoms with Gasteiger partial charge in [-0.05, 0) is 86.1 Å². The van der Waals surface area contributed by atoms with Crippen LogP contribution in [-0.2, 0) is 19.1 Å². The SMILES string of the molecule is C=C1C(=O)[C@]23CC[C@H]1CC2C12CCC[C@@](C)(COC1=O)C2C[C@H]3OC(=O)c1ccc(OC)cc1. The summed E-state index contributed by atoms with van der Waals surface area (Å²) >= 11 is 0. The standard InChI is InChI=1S/C28H32O6/c1-16-18-9-12-28(23(16)29)21(13-18)27-11-4-10-26(2,15-33-25(27)31)20(27)14-22(28)34-24(30)17-5-7-19(32-3)8-6-17/h5-8,18,20-22H,1,4,9-15H2,2-3H3/t18-,20?,21?,22+,26-,27?,28+/m0/s1. The third-order valence-corrected chi connectivity index (χ3v) is 10.2. The first-order valence-corrected chi connectivity index (χ1v) is 12.5. The highest BCUT2D eigenvalue weighted by molar-refractivity contribution is 6.03. The van der Waals surface area contributed by atoms with E-state index >= 15 is 0 Å². The minimum atomic E-state index is -0.890. The molecule has 6 aliphatic rings. The zero-order valence-corrected chi connectivity index (χ0v) is 19.9. The Morgan fingerprint density at radius 1 is 1.06 bits per heavy atom. The predicted octanol–water partition coefficient (Wildman–Crippen LogP) is 4.52. The van der Waals surface area contributed by atoms with Gasteiger partial charge in [-0.2, -0.15) is 0 Å². The fourth-order valence-corrected chi connectivity index (χ4v) is 8.57. The highest BCUT2D eigenvalue weighted by Gasteiger charge is 2.76. The Labute approximate surface area is 200 Å². The van der Waals surface area contributed by atoms with Gasteiger partial charge in [-0.3, -0.25) is 9.59 Å². The van der Waals surface area contributed by atoms with Gasteiger partial charge in [0.25, 0.3) is 0 Å². The Bertz CT molecular complexity index is 1090. The molecule has 6 fully saturated rings. The van der Waals surface area contributed by atoms with E-state index in [0.717, 1.165) is 32.1 Å². The van der Waals surface area contributed by atoms with Gasteiger partial charge >= 0.3 is 11.9 Å². The maximum Gasteiger partial charge on any atom is 0.338 e. The zero-order chi connectivity index (χ0) is 23.9. The molecule has 4 bridgehead atoms. The summed E-state index contributed by atoms with van der Waals surface area (Å²) in [7, 11) is 1.58. The van der Waals surface area contributed by atoms with E-state index in [0.29, 0.717) is 36.3 Å². The number of benzene rings is 1. The highest BCUT2D eigenvalue weighted by Crippen LogP contribution is 2.73. The van der Waals surface area contributed by atoms with E-state index in [2.05, 4.69) is 13.5 Å². The molecule has 7 rings (SSSR count). The molecule has 7 atom stereocenters. The molecule has 0 aromatic heterocycles. The molecule has 1 aliphatic heterocycles. The fraction of sp³-hybridized carbons (Fsp3) is 0.607. The summed E-state index contributed by atoms with van der Waals surface area (Å²) in [6, 6.07) is 6.84. The predicted molar refractivity (Wildman–Crippen MR) is 123 cm³/mol. The van der Waals surface area contributed by atoms with Crippen molar-refractivity contribution in [1.82, 2.24) is 0 Å². The van der Waals surface area contributed by atoms with E-state index in [9.17, 15) is 14.4 Å². The molecule has 6 nitrogen and oxygen atoms in total. The summed E-state index contributed by atoms with van der Waals surface area (Å²) in [4.78, 5) is 40.8. The summed E-state index contributed by atoms with van der Waals surface area (Å²) in [5, 5.41) is 0. The van der Waals surface area contributed by atoms with E-state index < -0.39 is 22.9 Å². The number of ether oxygens (including phenoxy) is 3. The number of fused-ring (bicyclic) bond motifs is 2. The number of allylic oxidation sites excluding steroid dienone is 1. The monoisotopic (exact) mass is 464 g/mol. The first kappa shape index (κ1) is 21.9. The smallest absolute Gasteiger partial charge is 0.338 e. The fourth-order valence-electron chi connectivity index (χ4n) is 8.57. The van der Waals surface area contributed by atoms with Crippen molar-refractivity contribution in [2.75, 3.05) is 13.7 Å². The molecule has 1 heterocycles. The third kappa shape index (κ3) is 2.60. The Morgan fingerprint density at radius 3 is 2.56 bits per heavy atom. The van der Waals surface area contributed by atoms with Crippen LogP contribution in [0.3, 0.4) is 0 Å². The number of esters is 2. The van der Waals surface area contributed by atoms with E-state index in [1.165, 1.54) is 0 Å². The number of rotatable bonds is 3. The van der Waals surface area contributed by atoms with Crippen molar-refractivity contribution in [2.45, 2.75) is 58.0 Å². The van der Waals surface area contributed by atoms with Crippen LogP contribution in [0.25, 0.3) is 0 Å². The van der Waals surface area contributed by atoms with Gasteiger partial charge in [0, 0.05) is 5.41 Å². The molecule has 0 N–H and O–H groups in total. The third-order valence-electron chi connectivity index (χ3n) is 10.2. The van der Waals surface area contributed by atoms with Crippen LogP contribution in [-0.4, -0.2) is 37.5 Å². The summed E-state index contributed by atoms with van der Waals surface area (Å²) in [5.41, 5.74) is -0.637. The minimum absolute atomic E-state index is 0.00556. The zero-order valence-electron chi connectivity index (χ0n) is 19.9. The van der Waals surface area contributed by atoms with Crippen molar-refractivity contribution in [1.29, 1.82) is 0 Å². The first-order chi connectivity index (χ1) is 16.3. The second kappa shape index (κ2) is 7.19. The van der Waals surface area contributed by atoms with Gasteiger partial charge in [-0.15, -0.1) is 0 Å². The highest BCUT2D eigenvalue weighted by atomic mass is 16.5. The summed E-state index contributed by atoms with van der Waals surface area (Å²) in [6.07, 6.45) is 4.89. The van der Waals surface area contributed by atoms with Gasteiger partial charge in [0.15, 0.2) is 5.78 Å². The van der Waals surface area contributed by atoms with E-state index in [1.807, 2.05) is 0 Å². The van der Waals surface area contributed by atoms with Crippen molar-refractivity contribution in [3.63, 3.8) is 0 Å². The van der Waals surface area contributed by atoms with Crippen molar-refractivity contribution in [3.8, 4) is 5.75 Å². The molecule has 0 radical (unpaired) electrons. The van der Waals surface area contributed by atoms with Crippen molar-refractivity contribution in [2.24, 2.45) is 34.0 Å². The van der Waals surface area contributed by atoms with Crippen LogP contribution in [0.4, 0.5) is 0 Å². The normalized spacial score (nSPS) is 42.4. The van der Waals surface area contributed by atoms with Crippen molar-refractivity contribution in [3.05, 3.63) is 42.0 Å². The number of hydrogen-bond donors (Lipinski definition) is 0. The van der Waals surface area contributed by atoms with Crippen LogP contribution in [0.1, 0.15) is 62.2 Å². The number of cyclic esters (lactones) is 1. The molecule has 0 amide bonds. The molecule has 1 saturated heterocycles. The van der Waals surface area contributed by atoms with Crippen LogP contribution >= 0.6 is 0 Å². The molecule has 5 saturated carbocycles. The molecule has 1 aromatic rings. The topological polar surface area (TPSA) is 78.9 Å². The van der Waals surface area contributed by atoms with E-state index in [4.69, 9.17) is 14.2 Å². The molecular weight excluding hydrogens is 432 g/mol. The second-order valence-corrected chi connectivity index (χ2v) is 11.5. The molecule has 6 heteroatoms. The van der Waals surface area contributed by atoms with Crippen molar-refractivity contribution < 1.29 is 28.6 Å². The Morgan fingerprint density at radius 2 is 1.82 bits per heavy atom. The number of carbonyl (C=O) groups excluding carboxylic acids is 3. The number of hydrogen-bond acceptors (Lipinski definition) is 6. The van der Waals surface area contributed by atoms with E-state index in [-0.39, 0.29) is 34.9 Å². The average molecular weight is 465 g/mol. The quantitative estimate of drug-likeness (QED) is 0.484. The molecule has 34 heavy (non-hydrogen) atoms. The average Bonchev–Trinajstić information content (AvgIpc) is 2.85. The summed E-state index contributed by atoms with van der Waals surface area (Å²) < 4.78 is 17.3. The molecule has 180 valence electrons. The minimum Gasteiger partial charge on any atom is -0.497 e. The Kier molecular flexibility index (Phi) is 4.62. The molecule has 3 unspecified atom stereocenters. The van der Waals surface area contributed by atoms with Gasteiger partial charge < -0.3 is 14.2 Å². The van der Waals surface area contributed by atoms with Crippen LogP contribution in [0.5, 0.6) is 5.75 Å². The second-order valence-electron chi connectivity index (χ2n) is 11.5. The molecule has 5 aliphatic carbocycles. The number of methoxy groups -OCH3 is 1. The van der Waals surface area contributed by atoms with Gasteiger partial charge in [0.1, 0.15) is 11.9 Å². The van der Waals surface area contributed by atoms with Gasteiger partial charge in [-0.25, -0.2) is 4.79 Å². The van der Waals surface area contributed by atoms with Crippen LogP contribution in [0.15, 0.2) is 36.4 Å². The first-order valence-electron chi connectivity index (χ1n) is 12.5. The Balaban J connectivity index is 1.44. The lowest BCUT2D eigenvalue weighted by Crippen LogP contribution is -2.73. The molecule has 1 spiro atoms.